The van der Waals surface area contributed by atoms with Crippen LogP contribution in [-0.4, -0.2) is 0 Å². The molecule has 3 heterocycles. The largest absolute Gasteiger partial charge is 0.207 e. The number of thiophene rings is 2. The molecule has 0 amide bonds. The predicted octanol–water partition coefficient (Wildman–Crippen LogP) is 4.28. The van der Waals surface area contributed by atoms with E-state index in [0.717, 1.165) is 0 Å². The summed E-state index contributed by atoms with van der Waals surface area (Å²) in [5.41, 5.74) is 1.28. The van der Waals surface area contributed by atoms with Crippen LogP contribution in [-0.2, 0) is 7.05 Å². The molecule has 0 N–H and O–H groups in total. The first kappa shape index (κ1) is 11.6. The maximum Gasteiger partial charge on any atom is 0.177 e. The third-order valence-electron chi connectivity index (χ3n) is 2.81. The molecular weight excluding hydrogens is 258 g/mol. The highest BCUT2D eigenvalue weighted by atomic mass is 32.1. The van der Waals surface area contributed by atoms with Crippen molar-refractivity contribution in [3.63, 3.8) is 0 Å². The summed E-state index contributed by atoms with van der Waals surface area (Å²) in [6, 6.07) is 13.1. The van der Waals surface area contributed by atoms with E-state index in [9.17, 15) is 0 Å². The molecule has 0 aliphatic heterocycles. The van der Waals surface area contributed by atoms with Gasteiger partial charge in [0.1, 0.15) is 7.05 Å². The zero-order valence-corrected chi connectivity index (χ0v) is 12.0. The molecule has 0 bridgehead atoms. The average Bonchev–Trinajstić information content (AvgIpc) is 2.97. The van der Waals surface area contributed by atoms with Crippen molar-refractivity contribution >= 4 is 22.7 Å². The van der Waals surface area contributed by atoms with Gasteiger partial charge in [0.25, 0.3) is 0 Å². The van der Waals surface area contributed by atoms with Crippen LogP contribution < -0.4 is 4.57 Å². The Balaban J connectivity index is 1.99. The van der Waals surface area contributed by atoms with Crippen molar-refractivity contribution in [2.75, 3.05) is 0 Å². The van der Waals surface area contributed by atoms with Gasteiger partial charge in [0.15, 0.2) is 12.4 Å². The summed E-state index contributed by atoms with van der Waals surface area (Å²) in [5.74, 6) is 0. The summed E-state index contributed by atoms with van der Waals surface area (Å²) in [4.78, 5) is 5.41. The molecule has 18 heavy (non-hydrogen) atoms. The molecule has 90 valence electrons. The normalized spacial score (nSPS) is 10.8. The topological polar surface area (TPSA) is 3.88 Å². The number of hydrogen-bond acceptors (Lipinski definition) is 2. The standard InChI is InChI=1S/C15H14NS2/c1-11-5-6-14(17-11)15-8-7-13(18-15)12-4-3-9-16(2)10-12/h3-10H,1-2H3/q+1. The molecule has 0 aliphatic rings. The Morgan fingerprint density at radius 1 is 0.889 bits per heavy atom. The molecule has 3 heteroatoms. The van der Waals surface area contributed by atoms with Crippen molar-refractivity contribution in [1.29, 1.82) is 0 Å². The molecule has 0 aromatic carbocycles. The van der Waals surface area contributed by atoms with Gasteiger partial charge in [0.2, 0.25) is 0 Å². The van der Waals surface area contributed by atoms with Crippen LogP contribution in [0.1, 0.15) is 4.88 Å². The summed E-state index contributed by atoms with van der Waals surface area (Å²) in [6.45, 7) is 2.15. The van der Waals surface area contributed by atoms with Gasteiger partial charge in [-0.15, -0.1) is 22.7 Å². The molecule has 3 aromatic heterocycles. The lowest BCUT2D eigenvalue weighted by Crippen LogP contribution is -2.26. The van der Waals surface area contributed by atoms with Crippen LogP contribution in [0, 0.1) is 6.92 Å². The van der Waals surface area contributed by atoms with E-state index >= 15 is 0 Å². The Labute approximate surface area is 115 Å². The molecule has 3 aromatic rings. The van der Waals surface area contributed by atoms with Crippen molar-refractivity contribution < 1.29 is 4.57 Å². The van der Waals surface area contributed by atoms with Crippen LogP contribution in [0.15, 0.2) is 48.8 Å². The van der Waals surface area contributed by atoms with E-state index in [2.05, 4.69) is 67.3 Å². The number of aromatic nitrogens is 1. The average molecular weight is 272 g/mol. The van der Waals surface area contributed by atoms with E-state index in [4.69, 9.17) is 0 Å². The minimum atomic E-state index is 1.28. The van der Waals surface area contributed by atoms with Gasteiger partial charge in [0, 0.05) is 25.6 Å². The fraction of sp³-hybridized carbons (Fsp3) is 0.133. The molecule has 0 unspecified atom stereocenters. The molecule has 0 atom stereocenters. The molecule has 3 rings (SSSR count). The van der Waals surface area contributed by atoms with E-state index in [1.807, 2.05) is 22.7 Å². The smallest absolute Gasteiger partial charge is 0.177 e. The molecule has 0 fully saturated rings. The van der Waals surface area contributed by atoms with Gasteiger partial charge in [-0.25, -0.2) is 4.57 Å². The van der Waals surface area contributed by atoms with Crippen LogP contribution >= 0.6 is 22.7 Å². The summed E-state index contributed by atoms with van der Waals surface area (Å²) < 4.78 is 2.09. The third kappa shape index (κ3) is 2.24. The highest BCUT2D eigenvalue weighted by molar-refractivity contribution is 7.23. The zero-order chi connectivity index (χ0) is 12.5. The maximum atomic E-state index is 2.22. The minimum absolute atomic E-state index is 1.28. The number of rotatable bonds is 2. The number of pyridine rings is 1. The lowest BCUT2D eigenvalue weighted by molar-refractivity contribution is -0.671. The maximum absolute atomic E-state index is 2.22. The number of nitrogens with zero attached hydrogens (tertiary/aromatic N) is 1. The van der Waals surface area contributed by atoms with E-state index in [-0.39, 0.29) is 0 Å². The van der Waals surface area contributed by atoms with Crippen molar-refractivity contribution in [3.8, 4) is 20.2 Å². The van der Waals surface area contributed by atoms with Crippen LogP contribution in [0.2, 0.25) is 0 Å². The first-order valence-corrected chi connectivity index (χ1v) is 7.48. The van der Waals surface area contributed by atoms with E-state index < -0.39 is 0 Å². The second-order valence-electron chi connectivity index (χ2n) is 4.33. The van der Waals surface area contributed by atoms with Gasteiger partial charge < -0.3 is 0 Å². The van der Waals surface area contributed by atoms with E-state index in [0.29, 0.717) is 0 Å². The highest BCUT2D eigenvalue weighted by Crippen LogP contribution is 2.37. The van der Waals surface area contributed by atoms with E-state index in [1.54, 1.807) is 0 Å². The zero-order valence-electron chi connectivity index (χ0n) is 10.4. The summed E-state index contributed by atoms with van der Waals surface area (Å²) in [5, 5.41) is 0. The fourth-order valence-corrected chi connectivity index (χ4v) is 3.88. The quantitative estimate of drug-likeness (QED) is 0.613. The molecule has 0 spiro atoms. The monoisotopic (exact) mass is 272 g/mol. The van der Waals surface area contributed by atoms with Crippen molar-refractivity contribution in [2.24, 2.45) is 7.05 Å². The number of aryl methyl sites for hydroxylation is 2. The predicted molar refractivity (Wildman–Crippen MR) is 79.0 cm³/mol. The summed E-state index contributed by atoms with van der Waals surface area (Å²) in [6.07, 6.45) is 4.22. The SMILES string of the molecule is Cc1ccc(-c2ccc(-c3ccc[n+](C)c3)s2)s1. The second kappa shape index (κ2) is 4.67. The van der Waals surface area contributed by atoms with Crippen LogP contribution in [0.4, 0.5) is 0 Å². The van der Waals surface area contributed by atoms with Crippen LogP contribution in [0.25, 0.3) is 20.2 Å². The van der Waals surface area contributed by atoms with Crippen molar-refractivity contribution in [1.82, 2.24) is 0 Å². The van der Waals surface area contributed by atoms with Crippen molar-refractivity contribution in [2.45, 2.75) is 6.92 Å². The Morgan fingerprint density at radius 2 is 1.61 bits per heavy atom. The molecule has 0 saturated carbocycles. The Morgan fingerprint density at radius 3 is 2.33 bits per heavy atom. The molecular formula is C15H14NS2+. The molecule has 1 nitrogen and oxygen atoms in total. The van der Waals surface area contributed by atoms with Gasteiger partial charge >= 0.3 is 0 Å². The summed E-state index contributed by atoms with van der Waals surface area (Å²) >= 11 is 3.72. The highest BCUT2D eigenvalue weighted by Gasteiger charge is 2.08. The van der Waals surface area contributed by atoms with Gasteiger partial charge in [-0.1, -0.05) is 0 Å². The van der Waals surface area contributed by atoms with Gasteiger partial charge in [0.05, 0.1) is 5.56 Å². The molecule has 0 saturated heterocycles. The van der Waals surface area contributed by atoms with Gasteiger partial charge in [-0.3, -0.25) is 0 Å². The third-order valence-corrected chi connectivity index (χ3v) is 5.14. The van der Waals surface area contributed by atoms with Gasteiger partial charge in [-0.2, -0.15) is 0 Å². The van der Waals surface area contributed by atoms with E-state index in [1.165, 1.54) is 25.1 Å². The first-order chi connectivity index (χ1) is 8.72. The van der Waals surface area contributed by atoms with Crippen LogP contribution in [0.3, 0.4) is 0 Å². The lowest BCUT2D eigenvalue weighted by atomic mass is 10.2. The second-order valence-corrected chi connectivity index (χ2v) is 6.70. The lowest BCUT2D eigenvalue weighted by Gasteiger charge is -1.94. The fourth-order valence-electron chi connectivity index (χ4n) is 1.93. The molecule has 0 radical (unpaired) electrons. The summed E-state index contributed by atoms with van der Waals surface area (Å²) in [7, 11) is 2.06. The Kier molecular flexibility index (Phi) is 3.02. The first-order valence-electron chi connectivity index (χ1n) is 5.85. The Hall–Kier alpha value is -1.45. The van der Waals surface area contributed by atoms with Gasteiger partial charge in [-0.05, 0) is 37.3 Å². The van der Waals surface area contributed by atoms with Crippen molar-refractivity contribution in [3.05, 3.63) is 53.7 Å². The Bertz CT molecular complexity index is 679. The van der Waals surface area contributed by atoms with Crippen LogP contribution in [0.5, 0.6) is 0 Å². The minimum Gasteiger partial charge on any atom is -0.207 e. The molecule has 0 aliphatic carbocycles. The number of hydrogen-bond donors (Lipinski definition) is 0.